The molecule has 6 heteroatoms. The summed E-state index contributed by atoms with van der Waals surface area (Å²) in [7, 11) is 0. The molecule has 1 unspecified atom stereocenters. The standard InChI is InChI=1S/C17H21N3O2S/c1-3-14(21)20-10-5-4-8-12(20)16(22)19-17-18-15-11(2)7-6-9-13(15)23-17/h6-7,9,12H,3-5,8,10H2,1-2H3,(H,18,19,22). The number of hydrogen-bond donors (Lipinski definition) is 1. The van der Waals surface area contributed by atoms with Crippen LogP contribution < -0.4 is 5.32 Å². The highest BCUT2D eigenvalue weighted by Gasteiger charge is 2.31. The molecule has 1 saturated heterocycles. The van der Waals surface area contributed by atoms with Gasteiger partial charge in [0.15, 0.2) is 5.13 Å². The molecule has 5 nitrogen and oxygen atoms in total. The predicted molar refractivity (Wildman–Crippen MR) is 92.6 cm³/mol. The summed E-state index contributed by atoms with van der Waals surface area (Å²) in [5, 5.41) is 3.52. The molecule has 1 aromatic heterocycles. The Bertz CT molecular complexity index is 741. The number of benzene rings is 1. The molecule has 3 rings (SSSR count). The van der Waals surface area contributed by atoms with Gasteiger partial charge in [-0.3, -0.25) is 9.59 Å². The number of rotatable bonds is 3. The summed E-state index contributed by atoms with van der Waals surface area (Å²) in [4.78, 5) is 30.9. The third-order valence-corrected chi connectivity index (χ3v) is 5.22. The van der Waals surface area contributed by atoms with E-state index in [-0.39, 0.29) is 17.9 Å². The number of anilines is 1. The van der Waals surface area contributed by atoms with E-state index in [4.69, 9.17) is 0 Å². The van der Waals surface area contributed by atoms with E-state index in [9.17, 15) is 9.59 Å². The van der Waals surface area contributed by atoms with E-state index in [0.29, 0.717) is 18.1 Å². The fourth-order valence-electron chi connectivity index (χ4n) is 3.03. The minimum absolute atomic E-state index is 0.0463. The van der Waals surface area contributed by atoms with Crippen LogP contribution in [0.4, 0.5) is 5.13 Å². The lowest BCUT2D eigenvalue weighted by Gasteiger charge is -2.34. The second-order valence-corrected chi connectivity index (χ2v) is 6.91. The maximum absolute atomic E-state index is 12.6. The van der Waals surface area contributed by atoms with Crippen molar-refractivity contribution in [2.24, 2.45) is 0 Å². The van der Waals surface area contributed by atoms with E-state index in [1.54, 1.807) is 4.90 Å². The van der Waals surface area contributed by atoms with Crippen molar-refractivity contribution >= 4 is 38.5 Å². The van der Waals surface area contributed by atoms with Crippen LogP contribution in [0, 0.1) is 6.92 Å². The summed E-state index contributed by atoms with van der Waals surface area (Å²) in [5.41, 5.74) is 2.03. The first-order valence-electron chi connectivity index (χ1n) is 8.06. The number of para-hydroxylation sites is 1. The van der Waals surface area contributed by atoms with Gasteiger partial charge >= 0.3 is 0 Å². The Hall–Kier alpha value is -1.95. The summed E-state index contributed by atoms with van der Waals surface area (Å²) in [6, 6.07) is 5.63. The largest absolute Gasteiger partial charge is 0.331 e. The smallest absolute Gasteiger partial charge is 0.248 e. The van der Waals surface area contributed by atoms with Gasteiger partial charge in [-0.2, -0.15) is 0 Å². The molecule has 2 aromatic rings. The lowest BCUT2D eigenvalue weighted by Crippen LogP contribution is -2.49. The predicted octanol–water partition coefficient (Wildman–Crippen LogP) is 3.33. The van der Waals surface area contributed by atoms with E-state index in [1.165, 1.54) is 11.3 Å². The summed E-state index contributed by atoms with van der Waals surface area (Å²) >= 11 is 1.47. The van der Waals surface area contributed by atoms with Crippen LogP contribution in [-0.4, -0.2) is 34.3 Å². The van der Waals surface area contributed by atoms with Gasteiger partial charge in [-0.1, -0.05) is 30.4 Å². The minimum atomic E-state index is -0.371. The quantitative estimate of drug-likeness (QED) is 0.938. The zero-order valence-electron chi connectivity index (χ0n) is 13.5. The molecule has 2 heterocycles. The Kier molecular flexibility index (Phi) is 4.61. The number of hydrogen-bond acceptors (Lipinski definition) is 4. The molecular formula is C17H21N3O2S. The van der Waals surface area contributed by atoms with Crippen molar-refractivity contribution in [3.8, 4) is 0 Å². The maximum atomic E-state index is 12.6. The highest BCUT2D eigenvalue weighted by Crippen LogP contribution is 2.28. The topological polar surface area (TPSA) is 62.3 Å². The Labute approximate surface area is 139 Å². The molecule has 122 valence electrons. The molecule has 23 heavy (non-hydrogen) atoms. The highest BCUT2D eigenvalue weighted by molar-refractivity contribution is 7.22. The number of carbonyl (C=O) groups excluding carboxylic acids is 2. The van der Waals surface area contributed by atoms with Crippen LogP contribution in [0.15, 0.2) is 18.2 Å². The van der Waals surface area contributed by atoms with Gasteiger partial charge < -0.3 is 10.2 Å². The Balaban J connectivity index is 1.78. The molecule has 1 aromatic carbocycles. The fourth-order valence-corrected chi connectivity index (χ4v) is 3.98. The van der Waals surface area contributed by atoms with Crippen LogP contribution in [0.1, 0.15) is 38.2 Å². The molecule has 0 aliphatic carbocycles. The van der Waals surface area contributed by atoms with E-state index >= 15 is 0 Å². The molecule has 0 radical (unpaired) electrons. The zero-order valence-corrected chi connectivity index (χ0v) is 14.3. The van der Waals surface area contributed by atoms with Crippen molar-refractivity contribution in [1.82, 2.24) is 9.88 Å². The zero-order chi connectivity index (χ0) is 16.4. The highest BCUT2D eigenvalue weighted by atomic mass is 32.1. The number of aromatic nitrogens is 1. The van der Waals surface area contributed by atoms with Crippen LogP contribution in [0.2, 0.25) is 0 Å². The number of likely N-dealkylation sites (tertiary alicyclic amines) is 1. The molecule has 2 amide bonds. The van der Waals surface area contributed by atoms with Gasteiger partial charge in [0.05, 0.1) is 10.2 Å². The minimum Gasteiger partial charge on any atom is -0.331 e. The van der Waals surface area contributed by atoms with E-state index in [0.717, 1.165) is 35.0 Å². The normalized spacial score (nSPS) is 18.2. The number of amides is 2. The molecule has 0 bridgehead atoms. The van der Waals surface area contributed by atoms with E-state index in [1.807, 2.05) is 32.0 Å². The van der Waals surface area contributed by atoms with E-state index in [2.05, 4.69) is 10.3 Å². The Morgan fingerprint density at radius 1 is 1.39 bits per heavy atom. The third kappa shape index (κ3) is 3.22. The monoisotopic (exact) mass is 331 g/mol. The summed E-state index contributed by atoms with van der Waals surface area (Å²) in [6.45, 7) is 4.52. The molecule has 1 N–H and O–H groups in total. The number of piperidine rings is 1. The van der Waals surface area contributed by atoms with Crippen LogP contribution >= 0.6 is 11.3 Å². The molecule has 1 fully saturated rings. The fraction of sp³-hybridized carbons (Fsp3) is 0.471. The van der Waals surface area contributed by atoms with Gasteiger partial charge in [0, 0.05) is 13.0 Å². The SMILES string of the molecule is CCC(=O)N1CCCCC1C(=O)Nc1nc2c(C)cccc2s1. The second-order valence-electron chi connectivity index (χ2n) is 5.88. The number of thiazole rings is 1. The second kappa shape index (κ2) is 6.66. The summed E-state index contributed by atoms with van der Waals surface area (Å²) in [5.74, 6) is -0.0757. The number of carbonyl (C=O) groups is 2. The lowest BCUT2D eigenvalue weighted by molar-refractivity contribution is -0.140. The van der Waals surface area contributed by atoms with Gasteiger partial charge in [0.1, 0.15) is 6.04 Å². The van der Waals surface area contributed by atoms with Crippen LogP contribution in [0.5, 0.6) is 0 Å². The van der Waals surface area contributed by atoms with Gasteiger partial charge in [0.25, 0.3) is 0 Å². The molecule has 1 atom stereocenters. The average Bonchev–Trinajstić information content (AvgIpc) is 2.98. The van der Waals surface area contributed by atoms with Crippen molar-refractivity contribution < 1.29 is 9.59 Å². The molecule has 0 saturated carbocycles. The van der Waals surface area contributed by atoms with Crippen LogP contribution in [-0.2, 0) is 9.59 Å². The van der Waals surface area contributed by atoms with Gasteiger partial charge in [-0.25, -0.2) is 4.98 Å². The third-order valence-electron chi connectivity index (χ3n) is 4.28. The number of aryl methyl sites for hydroxylation is 1. The van der Waals surface area contributed by atoms with Crippen molar-refractivity contribution in [3.05, 3.63) is 23.8 Å². The lowest BCUT2D eigenvalue weighted by atomic mass is 10.0. The summed E-state index contributed by atoms with van der Waals surface area (Å²) < 4.78 is 1.06. The average molecular weight is 331 g/mol. The molecule has 1 aliphatic heterocycles. The van der Waals surface area contributed by atoms with E-state index < -0.39 is 0 Å². The van der Waals surface area contributed by atoms with Crippen molar-refractivity contribution in [2.75, 3.05) is 11.9 Å². The molecule has 0 spiro atoms. The Morgan fingerprint density at radius 2 is 2.22 bits per heavy atom. The van der Waals surface area contributed by atoms with Crippen LogP contribution in [0.25, 0.3) is 10.2 Å². The number of nitrogens with zero attached hydrogens (tertiary/aromatic N) is 2. The van der Waals surface area contributed by atoms with Gasteiger partial charge in [0.2, 0.25) is 11.8 Å². The van der Waals surface area contributed by atoms with Crippen molar-refractivity contribution in [1.29, 1.82) is 0 Å². The van der Waals surface area contributed by atoms with Crippen LogP contribution in [0.3, 0.4) is 0 Å². The number of nitrogens with one attached hydrogen (secondary N) is 1. The first kappa shape index (κ1) is 15.9. The summed E-state index contributed by atoms with van der Waals surface area (Å²) in [6.07, 6.45) is 3.10. The number of fused-ring (bicyclic) bond motifs is 1. The molecule has 1 aliphatic rings. The van der Waals surface area contributed by atoms with Gasteiger partial charge in [-0.15, -0.1) is 0 Å². The van der Waals surface area contributed by atoms with Crippen molar-refractivity contribution in [3.63, 3.8) is 0 Å². The first-order chi connectivity index (χ1) is 11.1. The Morgan fingerprint density at radius 3 is 2.96 bits per heavy atom. The first-order valence-corrected chi connectivity index (χ1v) is 8.88. The maximum Gasteiger partial charge on any atom is 0.248 e. The molecular weight excluding hydrogens is 310 g/mol. The van der Waals surface area contributed by atoms with Gasteiger partial charge in [-0.05, 0) is 37.8 Å². The van der Waals surface area contributed by atoms with Crippen molar-refractivity contribution in [2.45, 2.75) is 45.6 Å².